The fraction of sp³-hybridized carbons (Fsp3) is 0.286. The zero-order valence-electron chi connectivity index (χ0n) is 6.56. The van der Waals surface area contributed by atoms with Gasteiger partial charge < -0.3 is 5.11 Å². The maximum Gasteiger partial charge on any atom is 0.195 e. The van der Waals surface area contributed by atoms with E-state index in [4.69, 9.17) is 5.11 Å². The number of aromatic hydroxyl groups is 1. The molecule has 1 aromatic rings. The van der Waals surface area contributed by atoms with Crippen LogP contribution in [0.5, 0.6) is 5.75 Å². The van der Waals surface area contributed by atoms with Crippen molar-refractivity contribution in [3.8, 4) is 5.75 Å². The first-order valence-electron chi connectivity index (χ1n) is 3.44. The Hall–Kier alpha value is -1.10. The molecular weight excluding hydrogens is 178 g/mol. The van der Waals surface area contributed by atoms with Gasteiger partial charge in [-0.15, -0.1) is 0 Å². The largest absolute Gasteiger partial charge is 0.506 e. The topological polar surface area (TPSA) is 67.3 Å². The van der Waals surface area contributed by atoms with Crippen molar-refractivity contribution in [1.82, 2.24) is 4.98 Å². The van der Waals surface area contributed by atoms with E-state index in [9.17, 15) is 8.42 Å². The fourth-order valence-corrected chi connectivity index (χ4v) is 1.49. The van der Waals surface area contributed by atoms with Crippen molar-refractivity contribution in [2.24, 2.45) is 0 Å². The van der Waals surface area contributed by atoms with Gasteiger partial charge in [0.25, 0.3) is 0 Å². The van der Waals surface area contributed by atoms with Crippen molar-refractivity contribution in [2.45, 2.75) is 11.9 Å². The Bertz CT molecular complexity index is 355. The normalized spacial score (nSPS) is 11.4. The molecule has 0 radical (unpaired) electrons. The molecule has 66 valence electrons. The van der Waals surface area contributed by atoms with E-state index in [0.717, 1.165) is 6.20 Å². The van der Waals surface area contributed by atoms with E-state index < -0.39 is 9.84 Å². The van der Waals surface area contributed by atoms with Crippen LogP contribution in [0.4, 0.5) is 0 Å². The second-order valence-electron chi connectivity index (χ2n) is 2.26. The van der Waals surface area contributed by atoms with Crippen molar-refractivity contribution in [1.29, 1.82) is 0 Å². The van der Waals surface area contributed by atoms with Gasteiger partial charge in [0.15, 0.2) is 14.9 Å². The lowest BCUT2D eigenvalue weighted by atomic mass is 10.5. The quantitative estimate of drug-likeness (QED) is 0.735. The van der Waals surface area contributed by atoms with Gasteiger partial charge in [-0.25, -0.2) is 13.4 Å². The van der Waals surface area contributed by atoms with Crippen LogP contribution in [-0.2, 0) is 9.84 Å². The second kappa shape index (κ2) is 3.10. The monoisotopic (exact) mass is 187 g/mol. The highest BCUT2D eigenvalue weighted by Crippen LogP contribution is 2.11. The average Bonchev–Trinajstić information content (AvgIpc) is 2.05. The molecule has 4 nitrogen and oxygen atoms in total. The third-order valence-corrected chi connectivity index (χ3v) is 3.06. The Morgan fingerprint density at radius 2 is 2.17 bits per heavy atom. The summed E-state index contributed by atoms with van der Waals surface area (Å²) >= 11 is 0. The predicted molar refractivity (Wildman–Crippen MR) is 43.6 cm³/mol. The van der Waals surface area contributed by atoms with E-state index in [1.54, 1.807) is 6.92 Å². The number of sulfone groups is 1. The minimum atomic E-state index is -3.24. The van der Waals surface area contributed by atoms with Crippen LogP contribution in [-0.4, -0.2) is 24.3 Å². The number of pyridine rings is 1. The first kappa shape index (κ1) is 8.99. The molecule has 0 bridgehead atoms. The van der Waals surface area contributed by atoms with E-state index in [0.29, 0.717) is 0 Å². The van der Waals surface area contributed by atoms with E-state index >= 15 is 0 Å². The molecule has 1 aromatic heterocycles. The average molecular weight is 187 g/mol. The minimum absolute atomic E-state index is 0.00259. The van der Waals surface area contributed by atoms with Crippen LogP contribution in [0.15, 0.2) is 23.4 Å². The lowest BCUT2D eigenvalue weighted by Gasteiger charge is -1.98. The molecule has 0 atom stereocenters. The Morgan fingerprint density at radius 1 is 1.50 bits per heavy atom. The van der Waals surface area contributed by atoms with Gasteiger partial charge in [0, 0.05) is 0 Å². The van der Waals surface area contributed by atoms with E-state index in [1.165, 1.54) is 12.1 Å². The minimum Gasteiger partial charge on any atom is -0.506 e. The Balaban J connectivity index is 3.14. The van der Waals surface area contributed by atoms with E-state index in [2.05, 4.69) is 4.98 Å². The van der Waals surface area contributed by atoms with Gasteiger partial charge in [-0.3, -0.25) is 0 Å². The summed E-state index contributed by atoms with van der Waals surface area (Å²) in [6, 6.07) is 2.59. The lowest BCUT2D eigenvalue weighted by molar-refractivity contribution is 0.471. The van der Waals surface area contributed by atoms with Crippen molar-refractivity contribution in [3.63, 3.8) is 0 Å². The molecule has 1 heterocycles. The summed E-state index contributed by atoms with van der Waals surface area (Å²) in [6.07, 6.45) is 1.11. The molecule has 0 fully saturated rings. The number of hydrogen-bond acceptors (Lipinski definition) is 4. The Kier molecular flexibility index (Phi) is 2.32. The summed E-state index contributed by atoms with van der Waals surface area (Å²) in [4.78, 5) is 3.58. The van der Waals surface area contributed by atoms with Gasteiger partial charge in [0.1, 0.15) is 5.75 Å². The van der Waals surface area contributed by atoms with Gasteiger partial charge >= 0.3 is 0 Å². The molecular formula is C7H9NO3S. The molecule has 0 aliphatic carbocycles. The molecule has 0 unspecified atom stereocenters. The summed E-state index contributed by atoms with van der Waals surface area (Å²) in [5.74, 6) is -0.0184. The highest BCUT2D eigenvalue weighted by atomic mass is 32.2. The molecule has 0 aliphatic rings. The zero-order valence-corrected chi connectivity index (χ0v) is 7.37. The van der Waals surface area contributed by atoms with Crippen LogP contribution in [0.3, 0.4) is 0 Å². The summed E-state index contributed by atoms with van der Waals surface area (Å²) in [5, 5.41) is 8.84. The third-order valence-electron chi connectivity index (χ3n) is 1.42. The standard InChI is InChI=1S/C7H9NO3S/c1-2-12(10,11)7-4-3-6(9)5-8-7/h3-5,9H,2H2,1H3. The van der Waals surface area contributed by atoms with Crippen LogP contribution in [0.25, 0.3) is 0 Å². The number of nitrogens with zero attached hydrogens (tertiary/aromatic N) is 1. The first-order chi connectivity index (χ1) is 5.56. The van der Waals surface area contributed by atoms with Crippen molar-refractivity contribution in [3.05, 3.63) is 18.3 Å². The van der Waals surface area contributed by atoms with E-state index in [1.807, 2.05) is 0 Å². The summed E-state index contributed by atoms with van der Waals surface area (Å²) in [5.41, 5.74) is 0. The molecule has 12 heavy (non-hydrogen) atoms. The molecule has 0 amide bonds. The maximum atomic E-state index is 11.2. The molecule has 0 aliphatic heterocycles. The first-order valence-corrected chi connectivity index (χ1v) is 5.09. The predicted octanol–water partition coefficient (Wildman–Crippen LogP) is 0.581. The summed E-state index contributed by atoms with van der Waals surface area (Å²) < 4.78 is 22.3. The molecule has 1 N–H and O–H groups in total. The molecule has 0 saturated carbocycles. The summed E-state index contributed by atoms with van der Waals surface area (Å²) in [6.45, 7) is 1.55. The second-order valence-corrected chi connectivity index (χ2v) is 4.48. The van der Waals surface area contributed by atoms with Crippen LogP contribution in [0.1, 0.15) is 6.92 Å². The molecule has 0 saturated heterocycles. The zero-order chi connectivity index (χ0) is 9.19. The van der Waals surface area contributed by atoms with Crippen LogP contribution >= 0.6 is 0 Å². The molecule has 1 rings (SSSR count). The number of hydrogen-bond donors (Lipinski definition) is 1. The van der Waals surface area contributed by atoms with Crippen LogP contribution < -0.4 is 0 Å². The maximum absolute atomic E-state index is 11.2. The van der Waals surface area contributed by atoms with E-state index in [-0.39, 0.29) is 16.5 Å². The smallest absolute Gasteiger partial charge is 0.195 e. The molecule has 0 spiro atoms. The highest BCUT2D eigenvalue weighted by molar-refractivity contribution is 7.91. The van der Waals surface area contributed by atoms with Gasteiger partial charge in [-0.1, -0.05) is 6.92 Å². The van der Waals surface area contributed by atoms with Crippen molar-refractivity contribution >= 4 is 9.84 Å². The van der Waals surface area contributed by atoms with Gasteiger partial charge in [0.05, 0.1) is 11.9 Å². The number of aromatic nitrogens is 1. The summed E-state index contributed by atoms with van der Waals surface area (Å²) in [7, 11) is -3.24. The lowest BCUT2D eigenvalue weighted by Crippen LogP contribution is -2.05. The van der Waals surface area contributed by atoms with Gasteiger partial charge in [-0.05, 0) is 12.1 Å². The molecule has 0 aromatic carbocycles. The third kappa shape index (κ3) is 1.73. The van der Waals surface area contributed by atoms with Gasteiger partial charge in [-0.2, -0.15) is 0 Å². The van der Waals surface area contributed by atoms with Crippen molar-refractivity contribution < 1.29 is 13.5 Å². The Labute approximate surface area is 70.8 Å². The number of rotatable bonds is 2. The van der Waals surface area contributed by atoms with Crippen LogP contribution in [0, 0.1) is 0 Å². The van der Waals surface area contributed by atoms with Crippen molar-refractivity contribution in [2.75, 3.05) is 5.75 Å². The highest BCUT2D eigenvalue weighted by Gasteiger charge is 2.11. The Morgan fingerprint density at radius 3 is 2.58 bits per heavy atom. The van der Waals surface area contributed by atoms with Crippen LogP contribution in [0.2, 0.25) is 0 Å². The van der Waals surface area contributed by atoms with Gasteiger partial charge in [0.2, 0.25) is 0 Å². The SMILES string of the molecule is CCS(=O)(=O)c1ccc(O)cn1. The fourth-order valence-electron chi connectivity index (χ4n) is 0.704. The molecule has 5 heteroatoms.